The van der Waals surface area contributed by atoms with Crippen molar-refractivity contribution < 1.29 is 9.59 Å². The molecule has 1 aromatic rings. The minimum Gasteiger partial charge on any atom is -0.339 e. The Morgan fingerprint density at radius 1 is 0.958 bits per heavy atom. The lowest BCUT2D eigenvalue weighted by atomic mass is 10.1. The molecule has 0 saturated carbocycles. The van der Waals surface area contributed by atoms with Crippen LogP contribution in [0.1, 0.15) is 35.2 Å². The largest absolute Gasteiger partial charge is 0.339 e. The number of piperazine rings is 1. The van der Waals surface area contributed by atoms with E-state index in [4.69, 9.17) is 0 Å². The fourth-order valence-corrected chi connectivity index (χ4v) is 3.54. The fraction of sp³-hybridized carbons (Fsp3) is 0.579. The van der Waals surface area contributed by atoms with Crippen molar-refractivity contribution in [3.05, 3.63) is 35.4 Å². The molecule has 0 unspecified atom stereocenters. The summed E-state index contributed by atoms with van der Waals surface area (Å²) in [6, 6.07) is 7.70. The summed E-state index contributed by atoms with van der Waals surface area (Å²) in [5.41, 5.74) is 1.83. The van der Waals surface area contributed by atoms with Gasteiger partial charge in [0.05, 0.1) is 0 Å². The van der Waals surface area contributed by atoms with Crippen LogP contribution in [-0.4, -0.2) is 72.3 Å². The zero-order valence-corrected chi connectivity index (χ0v) is 14.5. The third-order valence-electron chi connectivity index (χ3n) is 5.03. The highest BCUT2D eigenvalue weighted by atomic mass is 16.2. The molecule has 0 aliphatic carbocycles. The second kappa shape index (κ2) is 7.79. The van der Waals surface area contributed by atoms with E-state index in [-0.39, 0.29) is 11.8 Å². The molecule has 5 heteroatoms. The quantitative estimate of drug-likeness (QED) is 0.845. The Kier molecular flexibility index (Phi) is 5.51. The average Bonchev–Trinajstić information content (AvgIpc) is 3.13. The van der Waals surface area contributed by atoms with Gasteiger partial charge < -0.3 is 14.7 Å². The van der Waals surface area contributed by atoms with Crippen LogP contribution < -0.4 is 0 Å². The first kappa shape index (κ1) is 17.0. The SMILES string of the molecule is Cc1cccc(C(=O)N2CCN(C(=O)CCN3CCCC3)CC2)c1. The van der Waals surface area contributed by atoms with E-state index in [1.165, 1.54) is 12.8 Å². The van der Waals surface area contributed by atoms with E-state index in [0.717, 1.165) is 30.8 Å². The van der Waals surface area contributed by atoms with E-state index >= 15 is 0 Å². The van der Waals surface area contributed by atoms with Gasteiger partial charge in [0.15, 0.2) is 0 Å². The standard InChI is InChI=1S/C19H27N3O2/c1-16-5-4-6-17(15-16)19(24)22-13-11-21(12-14-22)18(23)7-10-20-8-2-3-9-20/h4-6,15H,2-3,7-14H2,1H3. The van der Waals surface area contributed by atoms with Crippen molar-refractivity contribution in [1.82, 2.24) is 14.7 Å². The molecule has 0 N–H and O–H groups in total. The smallest absolute Gasteiger partial charge is 0.253 e. The Balaban J connectivity index is 1.46. The van der Waals surface area contributed by atoms with Crippen LogP contribution in [0.3, 0.4) is 0 Å². The van der Waals surface area contributed by atoms with Crippen LogP contribution in [0.5, 0.6) is 0 Å². The molecule has 2 saturated heterocycles. The molecule has 0 bridgehead atoms. The number of aryl methyl sites for hydroxylation is 1. The monoisotopic (exact) mass is 329 g/mol. The highest BCUT2D eigenvalue weighted by Crippen LogP contribution is 2.12. The minimum absolute atomic E-state index is 0.0721. The molecule has 3 rings (SSSR count). The summed E-state index contributed by atoms with van der Waals surface area (Å²) in [4.78, 5) is 31.0. The lowest BCUT2D eigenvalue weighted by Gasteiger charge is -2.35. The third-order valence-corrected chi connectivity index (χ3v) is 5.03. The molecular weight excluding hydrogens is 302 g/mol. The van der Waals surface area contributed by atoms with Gasteiger partial charge in [-0.1, -0.05) is 17.7 Å². The molecule has 2 aliphatic heterocycles. The van der Waals surface area contributed by atoms with Gasteiger partial charge in [0.2, 0.25) is 5.91 Å². The van der Waals surface area contributed by atoms with E-state index in [2.05, 4.69) is 4.90 Å². The van der Waals surface area contributed by atoms with Gasteiger partial charge in [-0.15, -0.1) is 0 Å². The zero-order chi connectivity index (χ0) is 16.9. The average molecular weight is 329 g/mol. The molecule has 2 amide bonds. The maximum Gasteiger partial charge on any atom is 0.253 e. The number of rotatable bonds is 4. The van der Waals surface area contributed by atoms with Crippen molar-refractivity contribution in [3.8, 4) is 0 Å². The fourth-order valence-electron chi connectivity index (χ4n) is 3.54. The van der Waals surface area contributed by atoms with Crippen molar-refractivity contribution in [2.75, 3.05) is 45.8 Å². The topological polar surface area (TPSA) is 43.9 Å². The van der Waals surface area contributed by atoms with Crippen LogP contribution in [0.15, 0.2) is 24.3 Å². The van der Waals surface area contributed by atoms with Crippen molar-refractivity contribution in [2.24, 2.45) is 0 Å². The summed E-state index contributed by atoms with van der Waals surface area (Å²) in [6.07, 6.45) is 3.12. The number of hydrogen-bond acceptors (Lipinski definition) is 3. The molecule has 24 heavy (non-hydrogen) atoms. The molecule has 5 nitrogen and oxygen atoms in total. The highest BCUT2D eigenvalue weighted by Gasteiger charge is 2.25. The Labute approximate surface area is 144 Å². The van der Waals surface area contributed by atoms with Crippen molar-refractivity contribution in [3.63, 3.8) is 0 Å². The first-order valence-electron chi connectivity index (χ1n) is 8.99. The predicted octanol–water partition coefficient (Wildman–Crippen LogP) is 1.77. The number of carbonyl (C=O) groups excluding carboxylic acids is 2. The van der Waals surface area contributed by atoms with E-state index < -0.39 is 0 Å². The zero-order valence-electron chi connectivity index (χ0n) is 14.5. The van der Waals surface area contributed by atoms with Crippen molar-refractivity contribution in [2.45, 2.75) is 26.2 Å². The molecule has 2 aliphatic rings. The van der Waals surface area contributed by atoms with Gasteiger partial charge in [0.1, 0.15) is 0 Å². The van der Waals surface area contributed by atoms with Crippen LogP contribution >= 0.6 is 0 Å². The van der Waals surface area contributed by atoms with E-state index in [0.29, 0.717) is 32.6 Å². The highest BCUT2D eigenvalue weighted by molar-refractivity contribution is 5.94. The van der Waals surface area contributed by atoms with Gasteiger partial charge in [-0.05, 0) is 45.0 Å². The molecule has 2 fully saturated rings. The predicted molar refractivity (Wildman–Crippen MR) is 94.0 cm³/mol. The Morgan fingerprint density at radius 3 is 2.29 bits per heavy atom. The van der Waals surface area contributed by atoms with Crippen LogP contribution in [0.2, 0.25) is 0 Å². The normalized spacial score (nSPS) is 18.9. The van der Waals surface area contributed by atoms with Crippen LogP contribution in [0.4, 0.5) is 0 Å². The molecule has 0 aromatic heterocycles. The summed E-state index contributed by atoms with van der Waals surface area (Å²) >= 11 is 0. The van der Waals surface area contributed by atoms with Gasteiger partial charge in [-0.25, -0.2) is 0 Å². The number of carbonyl (C=O) groups is 2. The van der Waals surface area contributed by atoms with Crippen molar-refractivity contribution >= 4 is 11.8 Å². The lowest BCUT2D eigenvalue weighted by Crippen LogP contribution is -2.51. The molecule has 1 aromatic carbocycles. The molecule has 0 spiro atoms. The minimum atomic E-state index is 0.0721. The molecular formula is C19H27N3O2. The van der Waals surface area contributed by atoms with Crippen molar-refractivity contribution in [1.29, 1.82) is 0 Å². The summed E-state index contributed by atoms with van der Waals surface area (Å²) < 4.78 is 0. The summed E-state index contributed by atoms with van der Waals surface area (Å²) in [5, 5.41) is 0. The summed E-state index contributed by atoms with van der Waals surface area (Å²) in [6.45, 7) is 7.68. The van der Waals surface area contributed by atoms with Gasteiger partial charge in [0.25, 0.3) is 5.91 Å². The molecule has 130 valence electrons. The van der Waals surface area contributed by atoms with Crippen LogP contribution in [0.25, 0.3) is 0 Å². The van der Waals surface area contributed by atoms with Gasteiger partial charge >= 0.3 is 0 Å². The number of nitrogens with zero attached hydrogens (tertiary/aromatic N) is 3. The number of benzene rings is 1. The van der Waals surface area contributed by atoms with E-state index in [1.54, 1.807) is 0 Å². The van der Waals surface area contributed by atoms with Gasteiger partial charge in [0, 0.05) is 44.7 Å². The Hall–Kier alpha value is -1.88. The third kappa shape index (κ3) is 4.15. The molecule has 2 heterocycles. The first-order chi connectivity index (χ1) is 11.6. The maximum absolute atomic E-state index is 12.5. The van der Waals surface area contributed by atoms with E-state index in [1.807, 2.05) is 41.0 Å². The second-order valence-corrected chi connectivity index (χ2v) is 6.84. The number of hydrogen-bond donors (Lipinski definition) is 0. The van der Waals surface area contributed by atoms with E-state index in [9.17, 15) is 9.59 Å². The lowest BCUT2D eigenvalue weighted by molar-refractivity contribution is -0.133. The summed E-state index contributed by atoms with van der Waals surface area (Å²) in [5.74, 6) is 0.299. The number of likely N-dealkylation sites (tertiary alicyclic amines) is 1. The molecule has 0 atom stereocenters. The molecule has 0 radical (unpaired) electrons. The summed E-state index contributed by atoms with van der Waals surface area (Å²) in [7, 11) is 0. The van der Waals surface area contributed by atoms with Crippen LogP contribution in [0, 0.1) is 6.92 Å². The first-order valence-corrected chi connectivity index (χ1v) is 8.99. The Morgan fingerprint density at radius 2 is 1.62 bits per heavy atom. The second-order valence-electron chi connectivity index (χ2n) is 6.84. The van der Waals surface area contributed by atoms with Gasteiger partial charge in [-0.3, -0.25) is 9.59 Å². The van der Waals surface area contributed by atoms with Gasteiger partial charge in [-0.2, -0.15) is 0 Å². The van der Waals surface area contributed by atoms with Crippen LogP contribution in [-0.2, 0) is 4.79 Å². The Bertz CT molecular complexity index is 588. The number of amides is 2. The maximum atomic E-state index is 12.5.